The van der Waals surface area contributed by atoms with Crippen molar-refractivity contribution in [2.45, 2.75) is 25.9 Å². The number of anilines is 2. The maximum Gasteiger partial charge on any atom is 0.219 e. The van der Waals surface area contributed by atoms with Crippen molar-refractivity contribution in [2.75, 3.05) is 57.9 Å². The largest absolute Gasteiger partial charge is 0.493 e. The van der Waals surface area contributed by atoms with Gasteiger partial charge in [-0.25, -0.2) is 14.4 Å². The molecule has 2 aliphatic rings. The van der Waals surface area contributed by atoms with Crippen molar-refractivity contribution in [1.82, 2.24) is 19.8 Å². The van der Waals surface area contributed by atoms with Crippen LogP contribution in [-0.4, -0.2) is 84.3 Å². The number of nitrogens with zero attached hydrogens (tertiary/aromatic N) is 4. The van der Waals surface area contributed by atoms with Gasteiger partial charge in [0.05, 0.1) is 35.7 Å². The number of amides is 1. The minimum Gasteiger partial charge on any atom is -0.493 e. The first kappa shape index (κ1) is 26.4. The first-order chi connectivity index (χ1) is 18.5. The molecule has 1 N–H and O–H groups in total. The van der Waals surface area contributed by atoms with Gasteiger partial charge in [-0.2, -0.15) is 0 Å². The fourth-order valence-electron chi connectivity index (χ4n) is 4.66. The van der Waals surface area contributed by atoms with Gasteiger partial charge in [0.2, 0.25) is 5.91 Å². The molecule has 1 unspecified atom stereocenters. The van der Waals surface area contributed by atoms with Crippen molar-refractivity contribution >= 4 is 39.9 Å². The van der Waals surface area contributed by atoms with Gasteiger partial charge >= 0.3 is 0 Å². The summed E-state index contributed by atoms with van der Waals surface area (Å²) in [5, 5.41) is 3.92. The van der Waals surface area contributed by atoms with E-state index in [-0.39, 0.29) is 17.0 Å². The summed E-state index contributed by atoms with van der Waals surface area (Å²) in [5.74, 6) is 1.40. The van der Waals surface area contributed by atoms with E-state index in [4.69, 9.17) is 25.8 Å². The van der Waals surface area contributed by atoms with E-state index in [1.54, 1.807) is 13.0 Å². The summed E-state index contributed by atoms with van der Waals surface area (Å²) < 4.78 is 31.6. The van der Waals surface area contributed by atoms with Crippen LogP contribution in [0.3, 0.4) is 0 Å². The molecule has 0 saturated carbocycles. The normalized spacial score (nSPS) is 18.1. The number of ether oxygens (including phenoxy) is 3. The minimum atomic E-state index is -0.491. The van der Waals surface area contributed by atoms with Crippen molar-refractivity contribution in [3.05, 3.63) is 47.5 Å². The van der Waals surface area contributed by atoms with Crippen LogP contribution in [-0.2, 0) is 9.53 Å². The maximum absolute atomic E-state index is 13.7. The summed E-state index contributed by atoms with van der Waals surface area (Å²) in [6, 6.07) is 8.13. The summed E-state index contributed by atoms with van der Waals surface area (Å²) in [6.07, 6.45) is 3.01. The molecule has 1 atom stereocenters. The second-order valence-electron chi connectivity index (χ2n) is 9.44. The van der Waals surface area contributed by atoms with Crippen LogP contribution in [0.4, 0.5) is 15.9 Å². The fraction of sp³-hybridized carbons (Fsp3) is 0.444. The van der Waals surface area contributed by atoms with Crippen LogP contribution >= 0.6 is 11.6 Å². The molecule has 0 bridgehead atoms. The molecule has 2 aromatic carbocycles. The third kappa shape index (κ3) is 6.43. The van der Waals surface area contributed by atoms with Gasteiger partial charge in [0, 0.05) is 63.9 Å². The maximum atomic E-state index is 13.7. The first-order valence-corrected chi connectivity index (χ1v) is 13.2. The predicted octanol–water partition coefficient (Wildman–Crippen LogP) is 4.27. The van der Waals surface area contributed by atoms with E-state index < -0.39 is 5.82 Å². The number of hydrogen-bond donors (Lipinski definition) is 1. The number of carbonyl (C=O) groups is 1. The Hall–Kier alpha value is -3.21. The van der Waals surface area contributed by atoms with Crippen molar-refractivity contribution < 1.29 is 23.4 Å². The summed E-state index contributed by atoms with van der Waals surface area (Å²) in [4.78, 5) is 24.7. The molecule has 2 fully saturated rings. The van der Waals surface area contributed by atoms with E-state index in [2.05, 4.69) is 20.2 Å². The number of rotatable bonds is 9. The second-order valence-corrected chi connectivity index (χ2v) is 9.85. The summed E-state index contributed by atoms with van der Waals surface area (Å²) in [6.45, 7) is 7.51. The standard InChI is InChI=1S/C27H31ClFN5O4/c1-18(35)34-9-7-33(8-10-34)6-2-11-37-21-14-24-26(25(15-21)38-20-5-12-36-16-20)27(31-17-30-24)32-19-3-4-23(29)22(28)13-19/h3-4,13-15,17,20H,2,5-12,16H2,1H3,(H,30,31,32). The van der Waals surface area contributed by atoms with E-state index in [1.165, 1.54) is 18.5 Å². The molecule has 0 aliphatic carbocycles. The average molecular weight is 544 g/mol. The van der Waals surface area contributed by atoms with Gasteiger partial charge in [0.15, 0.2) is 0 Å². The Morgan fingerprint density at radius 3 is 2.79 bits per heavy atom. The topological polar surface area (TPSA) is 89.1 Å². The van der Waals surface area contributed by atoms with Crippen molar-refractivity contribution in [1.29, 1.82) is 0 Å². The first-order valence-electron chi connectivity index (χ1n) is 12.8. The number of halogens is 2. The van der Waals surface area contributed by atoms with Crippen molar-refractivity contribution in [3.63, 3.8) is 0 Å². The number of nitrogens with one attached hydrogen (secondary N) is 1. The zero-order chi connectivity index (χ0) is 26.5. The van der Waals surface area contributed by atoms with Crippen LogP contribution < -0.4 is 14.8 Å². The van der Waals surface area contributed by atoms with E-state index in [0.29, 0.717) is 53.7 Å². The molecule has 1 aromatic heterocycles. The van der Waals surface area contributed by atoms with Gasteiger partial charge in [-0.3, -0.25) is 9.69 Å². The van der Waals surface area contributed by atoms with E-state index in [9.17, 15) is 9.18 Å². The number of hydrogen-bond acceptors (Lipinski definition) is 8. The summed E-state index contributed by atoms with van der Waals surface area (Å²) in [7, 11) is 0. The van der Waals surface area contributed by atoms with Crippen LogP contribution in [0.2, 0.25) is 5.02 Å². The summed E-state index contributed by atoms with van der Waals surface area (Å²) in [5.41, 5.74) is 1.25. The van der Waals surface area contributed by atoms with E-state index >= 15 is 0 Å². The highest BCUT2D eigenvalue weighted by atomic mass is 35.5. The van der Waals surface area contributed by atoms with Gasteiger partial charge in [-0.15, -0.1) is 0 Å². The van der Waals surface area contributed by atoms with Crippen LogP contribution in [0.5, 0.6) is 11.5 Å². The van der Waals surface area contributed by atoms with Gasteiger partial charge in [-0.05, 0) is 24.6 Å². The molecule has 0 spiro atoms. The van der Waals surface area contributed by atoms with Crippen LogP contribution in [0.25, 0.3) is 10.9 Å². The molecule has 9 nitrogen and oxygen atoms in total. The van der Waals surface area contributed by atoms with E-state index in [1.807, 2.05) is 17.0 Å². The van der Waals surface area contributed by atoms with Crippen LogP contribution in [0, 0.1) is 5.82 Å². The molecule has 2 saturated heterocycles. The van der Waals surface area contributed by atoms with Gasteiger partial charge in [0.25, 0.3) is 0 Å². The molecule has 38 heavy (non-hydrogen) atoms. The molecule has 11 heteroatoms. The van der Waals surface area contributed by atoms with Gasteiger partial charge < -0.3 is 24.4 Å². The van der Waals surface area contributed by atoms with Gasteiger partial charge in [-0.1, -0.05) is 11.6 Å². The minimum absolute atomic E-state index is 0.0179. The van der Waals surface area contributed by atoms with Crippen LogP contribution in [0.1, 0.15) is 19.8 Å². The highest BCUT2D eigenvalue weighted by Crippen LogP contribution is 2.37. The fourth-order valence-corrected chi connectivity index (χ4v) is 4.84. The Kier molecular flexibility index (Phi) is 8.41. The third-order valence-electron chi connectivity index (χ3n) is 6.74. The molecule has 5 rings (SSSR count). The molecule has 202 valence electrons. The number of aromatic nitrogens is 2. The Bertz CT molecular complexity index is 1280. The molecule has 1 amide bonds. The average Bonchev–Trinajstić information content (AvgIpc) is 3.42. The van der Waals surface area contributed by atoms with Gasteiger partial charge in [0.1, 0.15) is 35.6 Å². The van der Waals surface area contributed by atoms with E-state index in [0.717, 1.165) is 45.6 Å². The zero-order valence-corrected chi connectivity index (χ0v) is 22.0. The Balaban J connectivity index is 1.30. The lowest BCUT2D eigenvalue weighted by molar-refractivity contribution is -0.130. The molecule has 3 heterocycles. The zero-order valence-electron chi connectivity index (χ0n) is 21.3. The number of fused-ring (bicyclic) bond motifs is 1. The quantitative estimate of drug-likeness (QED) is 0.400. The molecule has 0 radical (unpaired) electrons. The van der Waals surface area contributed by atoms with Crippen molar-refractivity contribution in [3.8, 4) is 11.5 Å². The smallest absolute Gasteiger partial charge is 0.219 e. The lowest BCUT2D eigenvalue weighted by Gasteiger charge is -2.34. The number of carbonyl (C=O) groups excluding carboxylic acids is 1. The number of benzene rings is 2. The van der Waals surface area contributed by atoms with Crippen LogP contribution in [0.15, 0.2) is 36.7 Å². The highest BCUT2D eigenvalue weighted by molar-refractivity contribution is 6.31. The third-order valence-corrected chi connectivity index (χ3v) is 7.03. The monoisotopic (exact) mass is 543 g/mol. The lowest BCUT2D eigenvalue weighted by Crippen LogP contribution is -2.48. The molecular weight excluding hydrogens is 513 g/mol. The molecular formula is C27H31ClFN5O4. The lowest BCUT2D eigenvalue weighted by atomic mass is 10.2. The van der Waals surface area contributed by atoms with Crippen molar-refractivity contribution in [2.24, 2.45) is 0 Å². The Morgan fingerprint density at radius 1 is 1.21 bits per heavy atom. The Morgan fingerprint density at radius 2 is 2.05 bits per heavy atom. The SMILES string of the molecule is CC(=O)N1CCN(CCCOc2cc(OC3CCOC3)c3c(Nc4ccc(F)c(Cl)c4)ncnc3c2)CC1. The number of piperazine rings is 1. The molecule has 3 aromatic rings. The second kappa shape index (κ2) is 12.1. The summed E-state index contributed by atoms with van der Waals surface area (Å²) >= 11 is 5.97. The predicted molar refractivity (Wildman–Crippen MR) is 143 cm³/mol. The highest BCUT2D eigenvalue weighted by Gasteiger charge is 2.22. The molecule has 2 aliphatic heterocycles. The Labute approximate surface area is 225 Å².